The Bertz CT molecular complexity index is 692. The Morgan fingerprint density at radius 3 is 2.57 bits per heavy atom. The van der Waals surface area contributed by atoms with E-state index in [1.807, 2.05) is 6.07 Å². The first-order chi connectivity index (χ1) is 10.1. The van der Waals surface area contributed by atoms with Crippen molar-refractivity contribution in [1.29, 1.82) is 5.26 Å². The van der Waals surface area contributed by atoms with Gasteiger partial charge in [-0.05, 0) is 29.8 Å². The summed E-state index contributed by atoms with van der Waals surface area (Å²) in [7, 11) is 0. The van der Waals surface area contributed by atoms with Gasteiger partial charge in [0.1, 0.15) is 5.82 Å². The quantitative estimate of drug-likeness (QED) is 0.943. The van der Waals surface area contributed by atoms with Crippen LogP contribution < -0.4 is 5.32 Å². The summed E-state index contributed by atoms with van der Waals surface area (Å²) in [6.07, 6.45) is 0.203. The van der Waals surface area contributed by atoms with Gasteiger partial charge in [-0.3, -0.25) is 4.79 Å². The van der Waals surface area contributed by atoms with Crippen LogP contribution in [0.15, 0.2) is 42.5 Å². The molecule has 0 fully saturated rings. The zero-order valence-electron chi connectivity index (χ0n) is 11.1. The van der Waals surface area contributed by atoms with Crippen molar-refractivity contribution in [1.82, 2.24) is 5.32 Å². The van der Waals surface area contributed by atoms with Crippen LogP contribution in [0, 0.1) is 17.1 Å². The van der Waals surface area contributed by atoms with Crippen molar-refractivity contribution in [3.05, 3.63) is 70.0 Å². The molecule has 2 aromatic carbocycles. The van der Waals surface area contributed by atoms with Gasteiger partial charge in [0, 0.05) is 17.1 Å². The number of carbonyl (C=O) groups is 1. The van der Waals surface area contributed by atoms with E-state index < -0.39 is 5.82 Å². The van der Waals surface area contributed by atoms with Gasteiger partial charge < -0.3 is 5.32 Å². The van der Waals surface area contributed by atoms with E-state index in [0.29, 0.717) is 10.6 Å². The maximum absolute atomic E-state index is 13.6. The van der Waals surface area contributed by atoms with E-state index in [1.165, 1.54) is 12.1 Å². The zero-order valence-corrected chi connectivity index (χ0v) is 11.8. The lowest BCUT2D eigenvalue weighted by molar-refractivity contribution is -0.120. The third-order valence-electron chi connectivity index (χ3n) is 2.94. The molecule has 0 atom stereocenters. The first-order valence-electron chi connectivity index (χ1n) is 6.28. The van der Waals surface area contributed by atoms with Crippen molar-refractivity contribution >= 4 is 17.5 Å². The molecule has 106 valence electrons. The summed E-state index contributed by atoms with van der Waals surface area (Å²) in [6, 6.07) is 13.0. The van der Waals surface area contributed by atoms with Crippen molar-refractivity contribution in [3.8, 4) is 6.07 Å². The van der Waals surface area contributed by atoms with Gasteiger partial charge in [-0.2, -0.15) is 5.26 Å². The van der Waals surface area contributed by atoms with Crippen LogP contribution in [0.5, 0.6) is 0 Å². The van der Waals surface area contributed by atoms with E-state index in [2.05, 4.69) is 5.32 Å². The van der Waals surface area contributed by atoms with Crippen LogP contribution in [-0.4, -0.2) is 5.91 Å². The highest BCUT2D eigenvalue weighted by Gasteiger charge is 2.07. The van der Waals surface area contributed by atoms with E-state index in [1.54, 1.807) is 24.3 Å². The van der Waals surface area contributed by atoms with Crippen molar-refractivity contribution in [2.24, 2.45) is 0 Å². The molecule has 0 spiro atoms. The molecule has 0 saturated carbocycles. The molecule has 0 aliphatic heterocycles. The number of amides is 1. The molecule has 0 aliphatic carbocycles. The predicted molar refractivity (Wildman–Crippen MR) is 78.1 cm³/mol. The molecule has 1 amide bonds. The minimum absolute atomic E-state index is 0.0873. The van der Waals surface area contributed by atoms with E-state index in [0.717, 1.165) is 11.6 Å². The molecule has 1 N–H and O–H groups in total. The van der Waals surface area contributed by atoms with Crippen LogP contribution in [-0.2, 0) is 17.8 Å². The van der Waals surface area contributed by atoms with Crippen LogP contribution in [0.2, 0.25) is 5.02 Å². The van der Waals surface area contributed by atoms with Gasteiger partial charge in [-0.15, -0.1) is 0 Å². The lowest BCUT2D eigenvalue weighted by Gasteiger charge is -2.07. The molecule has 0 aliphatic rings. The zero-order chi connectivity index (χ0) is 15.2. The third-order valence-corrected chi connectivity index (χ3v) is 3.19. The predicted octanol–water partition coefficient (Wildman–Crippen LogP) is 3.21. The van der Waals surface area contributed by atoms with E-state index >= 15 is 0 Å². The molecule has 5 heteroatoms. The minimum atomic E-state index is -0.499. The first kappa shape index (κ1) is 15.0. The Labute approximate surface area is 127 Å². The van der Waals surface area contributed by atoms with Crippen LogP contribution in [0.1, 0.15) is 16.7 Å². The molecule has 0 saturated heterocycles. The van der Waals surface area contributed by atoms with E-state index in [-0.39, 0.29) is 24.4 Å². The molecular formula is C16H12ClFN2O. The van der Waals surface area contributed by atoms with Crippen LogP contribution in [0.25, 0.3) is 0 Å². The number of hydrogen-bond acceptors (Lipinski definition) is 2. The number of nitriles is 1. The largest absolute Gasteiger partial charge is 0.352 e. The summed E-state index contributed by atoms with van der Waals surface area (Å²) < 4.78 is 13.6. The summed E-state index contributed by atoms with van der Waals surface area (Å²) in [5.41, 5.74) is 1.43. The molecule has 0 bridgehead atoms. The summed E-state index contributed by atoms with van der Waals surface area (Å²) in [6.45, 7) is 0.0873. The Morgan fingerprint density at radius 2 is 1.95 bits per heavy atom. The summed E-state index contributed by atoms with van der Waals surface area (Å²) in [5, 5.41) is 11.9. The fourth-order valence-corrected chi connectivity index (χ4v) is 1.93. The SMILES string of the molecule is N#Cc1ccc(CNC(=O)Cc2ccc(Cl)cc2)c(F)c1. The van der Waals surface area contributed by atoms with Crippen LogP contribution >= 0.6 is 11.6 Å². The number of halogens is 2. The maximum Gasteiger partial charge on any atom is 0.224 e. The average Bonchev–Trinajstić information content (AvgIpc) is 2.48. The van der Waals surface area contributed by atoms with Gasteiger partial charge in [0.05, 0.1) is 18.1 Å². The lowest BCUT2D eigenvalue weighted by Crippen LogP contribution is -2.25. The van der Waals surface area contributed by atoms with Gasteiger partial charge in [-0.25, -0.2) is 4.39 Å². The number of rotatable bonds is 4. The van der Waals surface area contributed by atoms with Crippen molar-refractivity contribution in [3.63, 3.8) is 0 Å². The number of benzene rings is 2. The normalized spacial score (nSPS) is 9.95. The molecule has 21 heavy (non-hydrogen) atoms. The second-order valence-corrected chi connectivity index (χ2v) is 4.93. The average molecular weight is 303 g/mol. The molecule has 0 heterocycles. The van der Waals surface area contributed by atoms with E-state index in [9.17, 15) is 9.18 Å². The first-order valence-corrected chi connectivity index (χ1v) is 6.66. The number of nitrogens with zero attached hydrogens (tertiary/aromatic N) is 1. The van der Waals surface area contributed by atoms with Crippen molar-refractivity contribution in [2.75, 3.05) is 0 Å². The Kier molecular flexibility index (Phi) is 4.91. The lowest BCUT2D eigenvalue weighted by atomic mass is 10.1. The van der Waals surface area contributed by atoms with Gasteiger partial charge in [-0.1, -0.05) is 29.8 Å². The molecule has 2 rings (SSSR count). The highest BCUT2D eigenvalue weighted by atomic mass is 35.5. The van der Waals surface area contributed by atoms with E-state index in [4.69, 9.17) is 16.9 Å². The monoisotopic (exact) mass is 302 g/mol. The second kappa shape index (κ2) is 6.87. The van der Waals surface area contributed by atoms with Gasteiger partial charge in [0.25, 0.3) is 0 Å². The summed E-state index contributed by atoms with van der Waals surface area (Å²) in [5.74, 6) is -0.707. The fraction of sp³-hybridized carbons (Fsp3) is 0.125. The second-order valence-electron chi connectivity index (χ2n) is 4.50. The van der Waals surface area contributed by atoms with Gasteiger partial charge in [0.15, 0.2) is 0 Å². The number of hydrogen-bond donors (Lipinski definition) is 1. The number of nitrogens with one attached hydrogen (secondary N) is 1. The van der Waals surface area contributed by atoms with Gasteiger partial charge >= 0.3 is 0 Å². The fourth-order valence-electron chi connectivity index (χ4n) is 1.80. The number of carbonyl (C=O) groups excluding carboxylic acids is 1. The summed E-state index contributed by atoms with van der Waals surface area (Å²) in [4.78, 5) is 11.8. The standard InChI is InChI=1S/C16H12ClFN2O/c17-14-5-2-11(3-6-14)8-16(21)20-10-13-4-1-12(9-19)7-15(13)18/h1-7H,8,10H2,(H,20,21). The minimum Gasteiger partial charge on any atom is -0.352 e. The molecule has 3 nitrogen and oxygen atoms in total. The topological polar surface area (TPSA) is 52.9 Å². The highest BCUT2D eigenvalue weighted by molar-refractivity contribution is 6.30. The molecule has 0 unspecified atom stereocenters. The third kappa shape index (κ3) is 4.30. The smallest absolute Gasteiger partial charge is 0.224 e. The van der Waals surface area contributed by atoms with Crippen LogP contribution in [0.4, 0.5) is 4.39 Å². The maximum atomic E-state index is 13.6. The Balaban J connectivity index is 1.92. The highest BCUT2D eigenvalue weighted by Crippen LogP contribution is 2.11. The molecular weight excluding hydrogens is 291 g/mol. The Morgan fingerprint density at radius 1 is 1.24 bits per heavy atom. The Hall–Kier alpha value is -2.38. The van der Waals surface area contributed by atoms with Crippen molar-refractivity contribution in [2.45, 2.75) is 13.0 Å². The van der Waals surface area contributed by atoms with Crippen LogP contribution in [0.3, 0.4) is 0 Å². The van der Waals surface area contributed by atoms with Gasteiger partial charge in [0.2, 0.25) is 5.91 Å². The molecule has 0 aromatic heterocycles. The van der Waals surface area contributed by atoms with Crippen molar-refractivity contribution < 1.29 is 9.18 Å². The molecule has 2 aromatic rings. The molecule has 0 radical (unpaired) electrons. The summed E-state index contributed by atoms with van der Waals surface area (Å²) >= 11 is 5.77.